The Kier molecular flexibility index (Phi) is 8.07. The monoisotopic (exact) mass is 384 g/mol. The fraction of sp³-hybridized carbons (Fsp3) is 0.467. The van der Waals surface area contributed by atoms with Gasteiger partial charge in [-0.15, -0.1) is 10.1 Å². The molecule has 1 aromatic carbocycles. The Morgan fingerprint density at radius 1 is 1.07 bits per heavy atom. The van der Waals surface area contributed by atoms with Crippen LogP contribution in [0.5, 0.6) is 5.75 Å². The first-order chi connectivity index (χ1) is 12.8. The molecule has 1 heterocycles. The number of nitro benzene ring substituents is 1. The molecule has 0 spiro atoms. The van der Waals surface area contributed by atoms with E-state index in [0.29, 0.717) is 6.42 Å². The fourth-order valence-corrected chi connectivity index (χ4v) is 2.19. The molecule has 0 saturated heterocycles. The van der Waals surface area contributed by atoms with Crippen molar-refractivity contribution in [3.8, 4) is 5.75 Å². The van der Waals surface area contributed by atoms with Crippen molar-refractivity contribution < 1.29 is 29.2 Å². The van der Waals surface area contributed by atoms with E-state index in [-0.39, 0.29) is 30.0 Å². The number of carbonyl (C=O) groups excluding carboxylic acids is 2. The van der Waals surface area contributed by atoms with Gasteiger partial charge in [0.1, 0.15) is 6.61 Å². The molecule has 0 fully saturated rings. The van der Waals surface area contributed by atoms with Crippen LogP contribution < -0.4 is 10.1 Å². The Morgan fingerprint density at radius 2 is 1.63 bits per heavy atom. The molecule has 148 valence electrons. The van der Waals surface area contributed by atoms with Crippen LogP contribution in [0.3, 0.4) is 0 Å². The second-order valence-electron chi connectivity index (χ2n) is 5.29. The number of nitrogens with one attached hydrogen (secondary N) is 1. The molecule has 1 N–H and O–H groups in total. The lowest BCUT2D eigenvalue weighted by molar-refractivity contribution is -0.757. The number of imide groups is 1. The molecule has 2 rings (SSSR count). The molecule has 27 heavy (non-hydrogen) atoms. The number of rotatable bonds is 8. The second kappa shape index (κ2) is 10.0. The Balaban J connectivity index is 0.00000114. The Hall–Kier alpha value is -3.28. The lowest BCUT2D eigenvalue weighted by Crippen LogP contribution is -2.33. The molecule has 1 aliphatic rings. The number of nitrogens with zero attached hydrogens (tertiary/aromatic N) is 3. The van der Waals surface area contributed by atoms with Crippen LogP contribution in [0.1, 0.15) is 34.1 Å². The maximum absolute atomic E-state index is 12.2. The first-order valence-electron chi connectivity index (χ1n) is 7.95. The average molecular weight is 384 g/mol. The molecule has 0 bridgehead atoms. The zero-order valence-electron chi connectivity index (χ0n) is 15.1. The van der Waals surface area contributed by atoms with Crippen LogP contribution in [-0.4, -0.2) is 60.6 Å². The summed E-state index contributed by atoms with van der Waals surface area (Å²) in [6, 6.07) is 2.13. The number of hydrogen-bond donors (Lipinski definition) is 1. The van der Waals surface area contributed by atoms with Crippen molar-refractivity contribution >= 4 is 17.5 Å². The molecule has 0 aliphatic carbocycles. The fourth-order valence-electron chi connectivity index (χ4n) is 2.19. The normalized spacial score (nSPS) is 12.2. The highest BCUT2D eigenvalue weighted by Crippen LogP contribution is 2.35. The van der Waals surface area contributed by atoms with E-state index in [0.717, 1.165) is 17.0 Å². The van der Waals surface area contributed by atoms with Gasteiger partial charge >= 0.3 is 5.69 Å². The summed E-state index contributed by atoms with van der Waals surface area (Å²) in [5.41, 5.74) is -0.610. The van der Waals surface area contributed by atoms with Crippen molar-refractivity contribution in [3.05, 3.63) is 43.5 Å². The van der Waals surface area contributed by atoms with Gasteiger partial charge in [-0.05, 0) is 20.5 Å². The van der Waals surface area contributed by atoms with Gasteiger partial charge in [-0.2, -0.15) is 0 Å². The molecule has 0 radical (unpaired) electrons. The number of nitro groups is 1. The number of hydrogen-bond acceptors (Lipinski definition) is 9. The third-order valence-corrected chi connectivity index (χ3v) is 3.22. The highest BCUT2D eigenvalue weighted by molar-refractivity contribution is 6.21. The SMILES string of the molecule is CCCOc1cc2c(cc1[N+](=O)[O-])C(=O)N(CCO[N+](=O)[O-])C2=O.CNC. The first-order valence-corrected chi connectivity index (χ1v) is 7.95. The van der Waals surface area contributed by atoms with Crippen molar-refractivity contribution in [2.45, 2.75) is 13.3 Å². The van der Waals surface area contributed by atoms with Gasteiger partial charge in [0.05, 0.1) is 29.2 Å². The van der Waals surface area contributed by atoms with Gasteiger partial charge in [0.15, 0.2) is 5.75 Å². The van der Waals surface area contributed by atoms with E-state index in [1.165, 1.54) is 0 Å². The summed E-state index contributed by atoms with van der Waals surface area (Å²) in [6.07, 6.45) is 0.603. The molecule has 0 unspecified atom stereocenters. The Bertz CT molecular complexity index is 737. The molecule has 1 aromatic rings. The minimum absolute atomic E-state index is 0.0437. The lowest BCUT2D eigenvalue weighted by atomic mass is 10.1. The van der Waals surface area contributed by atoms with Gasteiger partial charge in [0, 0.05) is 12.1 Å². The van der Waals surface area contributed by atoms with Gasteiger partial charge in [-0.1, -0.05) is 6.92 Å². The van der Waals surface area contributed by atoms with Crippen LogP contribution in [-0.2, 0) is 4.84 Å². The van der Waals surface area contributed by atoms with Crippen molar-refractivity contribution in [2.75, 3.05) is 33.9 Å². The van der Waals surface area contributed by atoms with Crippen LogP contribution >= 0.6 is 0 Å². The Labute approximate surface area is 154 Å². The number of fused-ring (bicyclic) bond motifs is 1. The van der Waals surface area contributed by atoms with Crippen LogP contribution in [0.2, 0.25) is 0 Å². The molecule has 0 saturated carbocycles. The van der Waals surface area contributed by atoms with Crippen molar-refractivity contribution in [2.24, 2.45) is 0 Å². The van der Waals surface area contributed by atoms with Crippen LogP contribution in [0, 0.1) is 20.2 Å². The van der Waals surface area contributed by atoms with Gasteiger partial charge in [0.2, 0.25) is 0 Å². The van der Waals surface area contributed by atoms with E-state index in [2.05, 4.69) is 10.2 Å². The third-order valence-electron chi connectivity index (χ3n) is 3.22. The van der Waals surface area contributed by atoms with Crippen molar-refractivity contribution in [1.29, 1.82) is 0 Å². The summed E-state index contributed by atoms with van der Waals surface area (Å²) in [4.78, 5) is 49.8. The van der Waals surface area contributed by atoms with E-state index in [4.69, 9.17) is 4.74 Å². The second-order valence-corrected chi connectivity index (χ2v) is 5.29. The summed E-state index contributed by atoms with van der Waals surface area (Å²) in [5.74, 6) is -1.59. The molecule has 12 nitrogen and oxygen atoms in total. The Morgan fingerprint density at radius 3 is 2.11 bits per heavy atom. The standard InChI is InChI=1S/C13H13N3O8.C2H7N/c1-2-4-23-11-7-9-8(6-10(11)15(19)20)12(17)14(13(9)18)3-5-24-16(21)22;1-3-2/h6-7H,2-5H2,1H3;3H,1-2H3. The van der Waals surface area contributed by atoms with Crippen molar-refractivity contribution in [3.63, 3.8) is 0 Å². The minimum atomic E-state index is -1.04. The summed E-state index contributed by atoms with van der Waals surface area (Å²) in [5, 5.41) is 23.0. The quantitative estimate of drug-likeness (QED) is 0.393. The molecule has 0 aromatic heterocycles. The van der Waals surface area contributed by atoms with E-state index in [1.807, 2.05) is 21.0 Å². The van der Waals surface area contributed by atoms with E-state index in [1.54, 1.807) is 0 Å². The van der Waals surface area contributed by atoms with Gasteiger partial charge < -0.3 is 14.9 Å². The highest BCUT2D eigenvalue weighted by Gasteiger charge is 2.38. The topological polar surface area (TPSA) is 154 Å². The van der Waals surface area contributed by atoms with E-state index < -0.39 is 34.1 Å². The maximum Gasteiger partial charge on any atom is 0.311 e. The highest BCUT2D eigenvalue weighted by atomic mass is 16.9. The summed E-state index contributed by atoms with van der Waals surface area (Å²) >= 11 is 0. The molecule has 12 heteroatoms. The summed E-state index contributed by atoms with van der Waals surface area (Å²) in [7, 11) is 3.75. The summed E-state index contributed by atoms with van der Waals surface area (Å²) < 4.78 is 5.27. The maximum atomic E-state index is 12.2. The largest absolute Gasteiger partial charge is 0.487 e. The summed E-state index contributed by atoms with van der Waals surface area (Å²) in [6.45, 7) is 1.19. The zero-order valence-corrected chi connectivity index (χ0v) is 15.1. The molecule has 0 atom stereocenters. The number of ether oxygens (including phenoxy) is 1. The van der Waals surface area contributed by atoms with Gasteiger partial charge in [-0.3, -0.25) is 24.6 Å². The van der Waals surface area contributed by atoms with Crippen LogP contribution in [0.25, 0.3) is 0 Å². The van der Waals surface area contributed by atoms with Gasteiger partial charge in [-0.25, -0.2) is 0 Å². The molecular weight excluding hydrogens is 364 g/mol. The van der Waals surface area contributed by atoms with Crippen LogP contribution in [0.15, 0.2) is 12.1 Å². The number of amides is 2. The predicted molar refractivity (Wildman–Crippen MR) is 92.2 cm³/mol. The van der Waals surface area contributed by atoms with E-state index in [9.17, 15) is 29.8 Å². The average Bonchev–Trinajstić information content (AvgIpc) is 2.83. The molecule has 2 amide bonds. The zero-order chi connectivity index (χ0) is 20.6. The number of carbonyl (C=O) groups is 2. The van der Waals surface area contributed by atoms with Crippen molar-refractivity contribution in [1.82, 2.24) is 10.2 Å². The molecule has 1 aliphatic heterocycles. The minimum Gasteiger partial charge on any atom is -0.487 e. The number of benzene rings is 1. The smallest absolute Gasteiger partial charge is 0.311 e. The lowest BCUT2D eigenvalue weighted by Gasteiger charge is -2.12. The van der Waals surface area contributed by atoms with Gasteiger partial charge in [0.25, 0.3) is 16.9 Å². The predicted octanol–water partition coefficient (Wildman–Crippen LogP) is 1.02. The first kappa shape index (κ1) is 21.8. The van der Waals surface area contributed by atoms with Crippen LogP contribution in [0.4, 0.5) is 5.69 Å². The van der Waals surface area contributed by atoms with E-state index >= 15 is 0 Å². The molecular formula is C15H20N4O8. The third kappa shape index (κ3) is 5.34.